The summed E-state index contributed by atoms with van der Waals surface area (Å²) >= 11 is 0. The van der Waals surface area contributed by atoms with Gasteiger partial charge in [0.2, 0.25) is 0 Å². The molecule has 1 heterocycles. The highest BCUT2D eigenvalue weighted by molar-refractivity contribution is 14.0. The normalized spacial score (nSPS) is 11.4. The third-order valence-electron chi connectivity index (χ3n) is 4.08. The van der Waals surface area contributed by atoms with E-state index in [0.29, 0.717) is 6.61 Å². The minimum Gasteiger partial charge on any atom is -0.374 e. The average Bonchev–Trinajstić information content (AvgIpc) is 2.99. The van der Waals surface area contributed by atoms with Crippen molar-refractivity contribution in [2.45, 2.75) is 39.6 Å². The van der Waals surface area contributed by atoms with Crippen molar-refractivity contribution in [3.05, 3.63) is 59.4 Å². The number of halogens is 1. The third-order valence-corrected chi connectivity index (χ3v) is 4.08. The summed E-state index contributed by atoms with van der Waals surface area (Å²) in [5, 5.41) is 3.42. The Kier molecular flexibility index (Phi) is 9.72. The fourth-order valence-electron chi connectivity index (χ4n) is 2.56. The Morgan fingerprint density at radius 2 is 1.85 bits per heavy atom. The van der Waals surface area contributed by atoms with Crippen molar-refractivity contribution in [2.24, 2.45) is 12.0 Å². The van der Waals surface area contributed by atoms with E-state index in [-0.39, 0.29) is 30.1 Å². The molecule has 0 unspecified atom stereocenters. The zero-order valence-corrected chi connectivity index (χ0v) is 18.7. The Morgan fingerprint density at radius 1 is 1.19 bits per heavy atom. The molecule has 1 N–H and O–H groups in total. The number of ether oxygens (including phenoxy) is 1. The summed E-state index contributed by atoms with van der Waals surface area (Å²) in [7, 11) is 5.93. The standard InChI is InChI=1S/C20H30N4O.HI/c1-16(2)25-15-18-10-8-17(9-11-18)13-22-20(21-3)24(5)14-19-7-6-12-23(19)4;/h6-12,16H,13-15H2,1-5H3,(H,21,22);1H. The fraction of sp³-hybridized carbons (Fsp3) is 0.450. The van der Waals surface area contributed by atoms with Crippen molar-refractivity contribution in [2.75, 3.05) is 14.1 Å². The van der Waals surface area contributed by atoms with E-state index in [1.165, 1.54) is 16.8 Å². The molecule has 0 aliphatic heterocycles. The van der Waals surface area contributed by atoms with E-state index < -0.39 is 0 Å². The Labute approximate surface area is 174 Å². The molecule has 1 aromatic carbocycles. The number of nitrogens with one attached hydrogen (secondary N) is 1. The third kappa shape index (κ3) is 6.99. The molecule has 0 aliphatic rings. The number of guanidine groups is 1. The number of aromatic nitrogens is 1. The number of hydrogen-bond donors (Lipinski definition) is 1. The topological polar surface area (TPSA) is 41.8 Å². The van der Waals surface area contributed by atoms with Crippen LogP contribution in [0.25, 0.3) is 0 Å². The van der Waals surface area contributed by atoms with Crippen LogP contribution in [0.5, 0.6) is 0 Å². The molecule has 5 nitrogen and oxygen atoms in total. The first kappa shape index (κ1) is 22.5. The van der Waals surface area contributed by atoms with Crippen LogP contribution in [0.15, 0.2) is 47.6 Å². The van der Waals surface area contributed by atoms with Crippen molar-refractivity contribution >= 4 is 29.9 Å². The maximum atomic E-state index is 5.63. The molecule has 0 saturated heterocycles. The van der Waals surface area contributed by atoms with E-state index in [9.17, 15) is 0 Å². The van der Waals surface area contributed by atoms with Gasteiger partial charge in [-0.2, -0.15) is 0 Å². The van der Waals surface area contributed by atoms with Crippen LogP contribution in [-0.2, 0) is 31.5 Å². The SMILES string of the molecule is CN=C(NCc1ccc(COC(C)C)cc1)N(C)Cc1cccn1C.I. The van der Waals surface area contributed by atoms with E-state index in [4.69, 9.17) is 4.74 Å². The first-order chi connectivity index (χ1) is 12.0. The highest BCUT2D eigenvalue weighted by Crippen LogP contribution is 2.08. The van der Waals surface area contributed by atoms with Gasteiger partial charge in [-0.1, -0.05) is 24.3 Å². The maximum absolute atomic E-state index is 5.63. The Balaban J connectivity index is 0.00000338. The number of hydrogen-bond acceptors (Lipinski definition) is 2. The van der Waals surface area contributed by atoms with E-state index in [2.05, 4.69) is 90.3 Å². The molecule has 6 heteroatoms. The van der Waals surface area contributed by atoms with Crippen LogP contribution in [0, 0.1) is 0 Å². The van der Waals surface area contributed by atoms with Crippen LogP contribution in [0.2, 0.25) is 0 Å². The monoisotopic (exact) mass is 470 g/mol. The molecular formula is C20H31IN4O. The molecular weight excluding hydrogens is 439 g/mol. The summed E-state index contributed by atoms with van der Waals surface area (Å²) in [5.41, 5.74) is 3.67. The highest BCUT2D eigenvalue weighted by atomic mass is 127. The second-order valence-electron chi connectivity index (χ2n) is 6.54. The number of aliphatic imine (C=N–C) groups is 1. The summed E-state index contributed by atoms with van der Waals surface area (Å²) in [6.45, 7) is 6.32. The molecule has 144 valence electrons. The minimum absolute atomic E-state index is 0. The molecule has 0 aliphatic carbocycles. The molecule has 0 bridgehead atoms. The van der Waals surface area contributed by atoms with Gasteiger partial charge in [-0.3, -0.25) is 4.99 Å². The van der Waals surface area contributed by atoms with Gasteiger partial charge in [0.25, 0.3) is 0 Å². The van der Waals surface area contributed by atoms with Crippen LogP contribution < -0.4 is 5.32 Å². The number of benzene rings is 1. The lowest BCUT2D eigenvalue weighted by atomic mass is 10.1. The lowest BCUT2D eigenvalue weighted by Crippen LogP contribution is -2.38. The Bertz CT molecular complexity index is 679. The van der Waals surface area contributed by atoms with Crippen molar-refractivity contribution in [3.63, 3.8) is 0 Å². The quantitative estimate of drug-likeness (QED) is 0.381. The van der Waals surface area contributed by atoms with E-state index >= 15 is 0 Å². The highest BCUT2D eigenvalue weighted by Gasteiger charge is 2.08. The van der Waals surface area contributed by atoms with Gasteiger partial charge in [0.05, 0.1) is 19.3 Å². The minimum atomic E-state index is 0. The molecule has 0 fully saturated rings. The predicted octanol–water partition coefficient (Wildman–Crippen LogP) is 3.78. The Morgan fingerprint density at radius 3 is 2.38 bits per heavy atom. The molecule has 2 aromatic rings. The van der Waals surface area contributed by atoms with E-state index in [0.717, 1.165) is 19.0 Å². The first-order valence-electron chi connectivity index (χ1n) is 8.71. The van der Waals surface area contributed by atoms with E-state index in [1.54, 1.807) is 0 Å². The lowest BCUT2D eigenvalue weighted by Gasteiger charge is -2.22. The summed E-state index contributed by atoms with van der Waals surface area (Å²) in [6.07, 6.45) is 2.31. The second-order valence-corrected chi connectivity index (χ2v) is 6.54. The summed E-state index contributed by atoms with van der Waals surface area (Å²) < 4.78 is 7.76. The van der Waals surface area contributed by atoms with Crippen molar-refractivity contribution < 1.29 is 4.74 Å². The van der Waals surface area contributed by atoms with Gasteiger partial charge in [0.15, 0.2) is 5.96 Å². The zero-order chi connectivity index (χ0) is 18.2. The van der Waals surface area contributed by atoms with Gasteiger partial charge in [-0.05, 0) is 37.1 Å². The predicted molar refractivity (Wildman–Crippen MR) is 119 cm³/mol. The van der Waals surface area contributed by atoms with Crippen molar-refractivity contribution in [1.82, 2.24) is 14.8 Å². The molecule has 2 rings (SSSR count). The van der Waals surface area contributed by atoms with Gasteiger partial charge in [-0.25, -0.2) is 0 Å². The lowest BCUT2D eigenvalue weighted by molar-refractivity contribution is 0.0657. The summed E-state index contributed by atoms with van der Waals surface area (Å²) in [6, 6.07) is 12.7. The maximum Gasteiger partial charge on any atom is 0.194 e. The largest absolute Gasteiger partial charge is 0.374 e. The van der Waals surface area contributed by atoms with Crippen LogP contribution >= 0.6 is 24.0 Å². The van der Waals surface area contributed by atoms with Crippen LogP contribution in [0.3, 0.4) is 0 Å². The van der Waals surface area contributed by atoms with Gasteiger partial charge >= 0.3 is 0 Å². The number of aryl methyl sites for hydroxylation is 1. The smallest absolute Gasteiger partial charge is 0.194 e. The zero-order valence-electron chi connectivity index (χ0n) is 16.4. The Hall–Kier alpha value is -1.54. The summed E-state index contributed by atoms with van der Waals surface area (Å²) in [4.78, 5) is 6.51. The molecule has 0 saturated carbocycles. The first-order valence-corrected chi connectivity index (χ1v) is 8.71. The van der Waals surface area contributed by atoms with Gasteiger partial charge < -0.3 is 19.5 Å². The van der Waals surface area contributed by atoms with Gasteiger partial charge in [-0.15, -0.1) is 24.0 Å². The molecule has 1 aromatic heterocycles. The molecule has 26 heavy (non-hydrogen) atoms. The van der Waals surface area contributed by atoms with Crippen LogP contribution in [0.1, 0.15) is 30.7 Å². The average molecular weight is 470 g/mol. The second kappa shape index (κ2) is 11.2. The van der Waals surface area contributed by atoms with Gasteiger partial charge in [0, 0.05) is 39.6 Å². The van der Waals surface area contributed by atoms with E-state index in [1.807, 2.05) is 7.05 Å². The van der Waals surface area contributed by atoms with Gasteiger partial charge in [0.1, 0.15) is 0 Å². The molecule has 0 spiro atoms. The fourth-order valence-corrected chi connectivity index (χ4v) is 2.56. The van der Waals surface area contributed by atoms with Crippen molar-refractivity contribution in [1.29, 1.82) is 0 Å². The van der Waals surface area contributed by atoms with Crippen LogP contribution in [0.4, 0.5) is 0 Å². The number of nitrogens with zero attached hydrogens (tertiary/aromatic N) is 3. The van der Waals surface area contributed by atoms with Crippen LogP contribution in [-0.4, -0.2) is 35.6 Å². The molecule has 0 radical (unpaired) electrons. The van der Waals surface area contributed by atoms with Crippen molar-refractivity contribution in [3.8, 4) is 0 Å². The molecule has 0 amide bonds. The molecule has 0 atom stereocenters. The summed E-state index contributed by atoms with van der Waals surface area (Å²) in [5.74, 6) is 0.883. The number of rotatable bonds is 7.